The van der Waals surface area contributed by atoms with Gasteiger partial charge in [0.1, 0.15) is 28.1 Å². The molecule has 2 fully saturated rings. The molecule has 2 aliphatic heterocycles. The number of rotatable bonds is 6. The van der Waals surface area contributed by atoms with Gasteiger partial charge >= 0.3 is 58.5 Å². The van der Waals surface area contributed by atoms with Crippen molar-refractivity contribution in [2.75, 3.05) is 6.54 Å². The molecule has 0 atom stereocenters. The third-order valence-corrected chi connectivity index (χ3v) is 15.5. The van der Waals surface area contributed by atoms with E-state index in [1.165, 1.54) is 0 Å². The number of aryl methyl sites for hydroxylation is 6. The van der Waals surface area contributed by atoms with Crippen LogP contribution in [0.2, 0.25) is 0 Å². The summed E-state index contributed by atoms with van der Waals surface area (Å²) in [5.41, 5.74) is 7.72. The first-order chi connectivity index (χ1) is 39.6. The van der Waals surface area contributed by atoms with Crippen molar-refractivity contribution in [2.24, 2.45) is 42.3 Å². The van der Waals surface area contributed by atoms with Gasteiger partial charge in [-0.3, -0.25) is 32.9 Å². The molecule has 85 heavy (non-hydrogen) atoms. The Morgan fingerprint density at radius 2 is 1.09 bits per heavy atom. The summed E-state index contributed by atoms with van der Waals surface area (Å²) < 4.78 is 70.8. The van der Waals surface area contributed by atoms with Gasteiger partial charge in [0.05, 0.1) is 102 Å². The Morgan fingerprint density at radius 1 is 0.682 bits per heavy atom. The number of fused-ring (bicyclic) bond motifs is 4. The number of alkyl halides is 2. The molecule has 20 nitrogen and oxygen atoms in total. The molecule has 1 saturated heterocycles. The molecule has 10 aromatic rings. The number of amides is 1. The van der Waals surface area contributed by atoms with Crippen LogP contribution in [0.1, 0.15) is 78.7 Å². The van der Waals surface area contributed by atoms with Crippen molar-refractivity contribution in [3.63, 3.8) is 0 Å². The van der Waals surface area contributed by atoms with Crippen molar-refractivity contribution in [1.29, 1.82) is 0 Å². The minimum Gasteiger partial charge on any atom is -0.550 e. The maximum Gasteiger partial charge on any atom is 1.00 e. The van der Waals surface area contributed by atoms with E-state index in [-0.39, 0.29) is 79.6 Å². The van der Waals surface area contributed by atoms with Crippen LogP contribution in [0.3, 0.4) is 0 Å². The Morgan fingerprint density at radius 3 is 1.51 bits per heavy atom. The minimum atomic E-state index is -1.08. The van der Waals surface area contributed by atoms with E-state index in [2.05, 4.69) is 51.1 Å². The van der Waals surface area contributed by atoms with Crippen molar-refractivity contribution in [3.05, 3.63) is 107 Å². The molecular formula is C57H63BBrCl2F3KN15O5. The molecule has 7 aromatic heterocycles. The van der Waals surface area contributed by atoms with Gasteiger partial charge in [-0.05, 0) is 101 Å². The molecule has 9 heterocycles. The number of benzene rings is 3. The first-order valence-electron chi connectivity index (χ1n) is 26.8. The summed E-state index contributed by atoms with van der Waals surface area (Å²) in [6.45, 7) is 13.9. The van der Waals surface area contributed by atoms with Crippen LogP contribution in [-0.2, 0) is 74.3 Å². The number of imidazole rings is 1. The average Bonchev–Trinajstić information content (AvgIpc) is 1.93. The van der Waals surface area contributed by atoms with Gasteiger partial charge in [-0.1, -0.05) is 6.07 Å². The van der Waals surface area contributed by atoms with E-state index in [0.29, 0.717) is 90.8 Å². The van der Waals surface area contributed by atoms with E-state index in [0.717, 1.165) is 53.7 Å². The smallest absolute Gasteiger partial charge is 0.550 e. The van der Waals surface area contributed by atoms with Crippen molar-refractivity contribution in [3.8, 4) is 45.0 Å². The summed E-state index contributed by atoms with van der Waals surface area (Å²) >= 11 is 13.3. The average molecular weight is 1300 g/mol. The van der Waals surface area contributed by atoms with E-state index in [1.807, 2.05) is 80.5 Å². The maximum atomic E-state index is 16.2. The number of hydrogen-bond donors (Lipinski definition) is 0. The largest absolute Gasteiger partial charge is 1.00 e. The standard InChI is InChI=1S/C23H24FN7O.C18H22BFN4O2.C12H10BrFN4.C2H4Cl2.C2H4O2.K/c1-13(32)30-8-9-31-18(12-30)21(26-23(31)14-4-5-14)16-6-7-17-19(20(16)24)22(29(3)27-17)15-10-25-28(2)11-15;1-17(2)18(3,4)26-19(25-17)12-7-8-13-14(15(12)20)16(24(6)22-13)11-9-21-23(5)10-11;1-17-6-7(5-15-17)12-10-9(16-18(12)2)4-3-8(13)11(10)14;2*1-2(3)4;/h6-7,10-11,14H,4-5,8-9,12H2,1-3H3;7-10H,1-6H3;3-6H,1-2H3;2H,1H3;1H3,(H,3,4);/q;;;;;+1/p-1. The summed E-state index contributed by atoms with van der Waals surface area (Å²) in [5, 5.41) is 36.2. The van der Waals surface area contributed by atoms with Gasteiger partial charge in [-0.25, -0.2) is 18.2 Å². The topological polar surface area (TPSA) is 204 Å². The number of hydrogen-bond acceptors (Lipinski definition) is 12. The zero-order valence-electron chi connectivity index (χ0n) is 49.7. The number of aromatic nitrogens is 14. The summed E-state index contributed by atoms with van der Waals surface area (Å²) in [6.07, 6.45) is 12.9. The van der Waals surface area contributed by atoms with Crippen LogP contribution in [0.4, 0.5) is 13.2 Å². The van der Waals surface area contributed by atoms with Gasteiger partial charge in [0, 0.05) is 120 Å². The number of carboxylic acids is 1. The second kappa shape index (κ2) is 26.0. The first-order valence-corrected chi connectivity index (χ1v) is 28.5. The van der Waals surface area contributed by atoms with E-state index in [1.54, 1.807) is 110 Å². The van der Waals surface area contributed by atoms with Crippen LogP contribution < -0.4 is 62.0 Å². The third-order valence-electron chi connectivity index (χ3n) is 14.9. The fraction of sp³-hybridized carbons (Fsp3) is 0.386. The Labute approximate surface area is 550 Å². The van der Waals surface area contributed by atoms with Crippen molar-refractivity contribution >= 4 is 96.3 Å². The van der Waals surface area contributed by atoms with Gasteiger partial charge < -0.3 is 28.7 Å². The number of carboxylic acid groups (broad SMARTS) is 1. The van der Waals surface area contributed by atoms with E-state index in [9.17, 15) is 9.18 Å². The van der Waals surface area contributed by atoms with Crippen LogP contribution >= 0.6 is 39.1 Å². The van der Waals surface area contributed by atoms with Crippen molar-refractivity contribution < 1.29 is 88.6 Å². The van der Waals surface area contributed by atoms with Crippen LogP contribution in [0.15, 0.2) is 78.1 Å². The van der Waals surface area contributed by atoms with E-state index < -0.39 is 24.3 Å². The summed E-state index contributed by atoms with van der Waals surface area (Å²) in [7, 11) is 10.2. The predicted octanol–water partition coefficient (Wildman–Crippen LogP) is 6.07. The summed E-state index contributed by atoms with van der Waals surface area (Å²) in [6, 6.07) is 10.6. The monoisotopic (exact) mass is 1290 g/mol. The van der Waals surface area contributed by atoms with E-state index >= 15 is 8.78 Å². The fourth-order valence-electron chi connectivity index (χ4n) is 10.2. The Hall–Kier alpha value is -5.68. The molecule has 3 aromatic carbocycles. The molecule has 3 aliphatic rings. The number of carbonyl (C=O) groups is 2. The molecule has 1 saturated carbocycles. The molecule has 0 radical (unpaired) electrons. The van der Waals surface area contributed by atoms with Crippen molar-refractivity contribution in [1.82, 2.24) is 73.1 Å². The molecule has 0 bridgehead atoms. The molecule has 1 amide bonds. The molecule has 13 rings (SSSR count). The fourth-order valence-corrected chi connectivity index (χ4v) is 10.6. The molecule has 442 valence electrons. The van der Waals surface area contributed by atoms with Crippen LogP contribution in [0, 0.1) is 17.5 Å². The molecule has 1 aliphatic carbocycles. The Bertz CT molecular complexity index is 4100. The van der Waals surface area contributed by atoms with Gasteiger partial charge in [-0.15, -0.1) is 23.2 Å². The third kappa shape index (κ3) is 13.6. The number of halogens is 6. The predicted molar refractivity (Wildman–Crippen MR) is 318 cm³/mol. The zero-order valence-corrected chi connectivity index (χ0v) is 55.9. The second-order valence-corrected chi connectivity index (χ2v) is 24.2. The number of nitrogens with zero attached hydrogens (tertiary/aromatic N) is 15. The van der Waals surface area contributed by atoms with Crippen molar-refractivity contribution in [2.45, 2.75) is 96.4 Å². The maximum absolute atomic E-state index is 16.2. The number of aliphatic carboxylic acids is 1. The minimum absolute atomic E-state index is 0. The molecule has 28 heteroatoms. The van der Waals surface area contributed by atoms with Crippen LogP contribution in [0.25, 0.3) is 77.7 Å². The molecule has 0 spiro atoms. The van der Waals surface area contributed by atoms with Gasteiger partial charge in [0.15, 0.2) is 0 Å². The molecule has 0 unspecified atom stereocenters. The molecule has 0 N–H and O–H groups in total. The van der Waals surface area contributed by atoms with Crippen LogP contribution in [-0.4, -0.2) is 115 Å². The number of carbonyl (C=O) groups excluding carboxylic acids is 2. The quantitative estimate of drug-likeness (QED) is 0.138. The normalized spacial score (nSPS) is 14.9. The summed E-state index contributed by atoms with van der Waals surface area (Å²) in [5.74, 6) is -0.595. The molecular weight excluding hydrogens is 1230 g/mol. The second-order valence-electron chi connectivity index (χ2n) is 21.8. The van der Waals surface area contributed by atoms with Crippen LogP contribution in [0.5, 0.6) is 0 Å². The van der Waals surface area contributed by atoms with Gasteiger partial charge in [-0.2, -0.15) is 30.6 Å². The van der Waals surface area contributed by atoms with E-state index in [4.69, 9.17) is 47.4 Å². The van der Waals surface area contributed by atoms with Gasteiger partial charge in [0.2, 0.25) is 5.91 Å². The Kier molecular flexibility index (Phi) is 19.9. The first kappa shape index (κ1) is 65.3. The van der Waals surface area contributed by atoms with Gasteiger partial charge in [0.25, 0.3) is 0 Å². The summed E-state index contributed by atoms with van der Waals surface area (Å²) in [4.78, 5) is 27.5. The SMILES string of the molecule is CC(=O)N1CCn2c(C3CC3)nc(-c3ccc4nn(C)c(-c5cnn(C)c5)c4c3F)c2C1.CC(=O)[O-].CC(Cl)Cl.Cn1cc(-c2c3c(F)c(B4OC(C)(C)C(C)(C)O4)ccc3nn2C)cn1.Cn1cc(-c2c3c(F)c(Br)ccc3nn2C)cn1.[K+]. The Balaban J connectivity index is 0.000000160. The zero-order chi connectivity index (χ0) is 61.0.